The summed E-state index contributed by atoms with van der Waals surface area (Å²) in [5.74, 6) is -0.806. The van der Waals surface area contributed by atoms with E-state index in [1.54, 1.807) is 11.9 Å². The number of hydrogen-bond acceptors (Lipinski definition) is 5. The van der Waals surface area contributed by atoms with Crippen LogP contribution in [0.5, 0.6) is 5.75 Å². The summed E-state index contributed by atoms with van der Waals surface area (Å²) in [6, 6.07) is 2.67. The highest BCUT2D eigenvalue weighted by atomic mass is 32.2. The molecule has 0 aromatic heterocycles. The number of halogens is 2. The van der Waals surface area contributed by atoms with Crippen LogP contribution in [0.4, 0.5) is 8.78 Å². The van der Waals surface area contributed by atoms with E-state index in [9.17, 15) is 13.9 Å². The van der Waals surface area contributed by atoms with E-state index in [0.29, 0.717) is 5.56 Å². The summed E-state index contributed by atoms with van der Waals surface area (Å²) < 4.78 is 34.1. The average Bonchev–Trinajstić information content (AvgIpc) is 3.12. The van der Waals surface area contributed by atoms with Crippen LogP contribution in [0.25, 0.3) is 5.57 Å². The highest BCUT2D eigenvalue weighted by Gasteiger charge is 2.24. The lowest BCUT2D eigenvalue weighted by molar-refractivity contribution is 0.0430. The second-order valence-electron chi connectivity index (χ2n) is 8.46. The Hall–Kier alpha value is -1.15. The van der Waals surface area contributed by atoms with Crippen LogP contribution in [0.15, 0.2) is 18.2 Å². The molecule has 0 spiro atoms. The molecule has 0 aliphatic carbocycles. The molecular formula is C24H40F2N2O2S. The van der Waals surface area contributed by atoms with Crippen molar-refractivity contribution in [1.29, 1.82) is 0 Å². The zero-order valence-electron chi connectivity index (χ0n) is 20.2. The van der Waals surface area contributed by atoms with Gasteiger partial charge in [-0.1, -0.05) is 38.8 Å². The average molecular weight is 459 g/mol. The Balaban J connectivity index is 0.000000317. The number of rotatable bonds is 5. The van der Waals surface area contributed by atoms with E-state index >= 15 is 0 Å². The third-order valence-electron chi connectivity index (χ3n) is 5.12. The number of ether oxygens (including phenoxy) is 1. The Labute approximate surface area is 191 Å². The Bertz CT molecular complexity index is 684. The lowest BCUT2D eigenvalue weighted by atomic mass is 10.00. The number of likely N-dealkylation sites (tertiary alicyclic amines) is 1. The smallest absolute Gasteiger partial charge is 0.190 e. The van der Waals surface area contributed by atoms with Crippen LogP contribution in [0.2, 0.25) is 0 Å². The molecule has 0 radical (unpaired) electrons. The van der Waals surface area contributed by atoms with E-state index in [4.69, 9.17) is 0 Å². The maximum absolute atomic E-state index is 13.6. The van der Waals surface area contributed by atoms with Gasteiger partial charge >= 0.3 is 0 Å². The summed E-state index contributed by atoms with van der Waals surface area (Å²) in [5.41, 5.74) is 1.07. The Morgan fingerprint density at radius 2 is 1.81 bits per heavy atom. The molecule has 1 N–H and O–H groups in total. The van der Waals surface area contributed by atoms with E-state index in [1.807, 2.05) is 40.0 Å². The lowest BCUT2D eigenvalue weighted by Gasteiger charge is -2.24. The molecule has 2 heterocycles. The van der Waals surface area contributed by atoms with Gasteiger partial charge in [0.2, 0.25) is 0 Å². The van der Waals surface area contributed by atoms with Crippen LogP contribution >= 0.6 is 11.9 Å². The van der Waals surface area contributed by atoms with Crippen LogP contribution in [0.3, 0.4) is 0 Å². The number of hydrogen-bond donors (Lipinski definition) is 1. The molecule has 3 rings (SSSR count). The third kappa shape index (κ3) is 9.48. The van der Waals surface area contributed by atoms with Crippen molar-refractivity contribution in [3.63, 3.8) is 0 Å². The standard InChI is InChI=1S/C13H15F2NOS.C9H19NO.C2H6/c1-17-13-11(14)7-10(8-12(13)15)9-3-5-16(18-2)6-4-9;1-8-4-5-10(6-8)7-9(2,3)11;1-2/h3,7-8H,4-6H2,1-2H3;8,11H,4-7H2,1-3H3;1-2H3. The minimum absolute atomic E-state index is 0.319. The minimum Gasteiger partial charge on any atom is -0.491 e. The largest absolute Gasteiger partial charge is 0.491 e. The van der Waals surface area contributed by atoms with Crippen molar-refractivity contribution >= 4 is 17.5 Å². The first-order valence-electron chi connectivity index (χ1n) is 11.1. The van der Waals surface area contributed by atoms with Crippen molar-refractivity contribution in [3.8, 4) is 5.75 Å². The molecule has 31 heavy (non-hydrogen) atoms. The molecule has 1 unspecified atom stereocenters. The first-order valence-corrected chi connectivity index (χ1v) is 12.3. The van der Waals surface area contributed by atoms with Crippen LogP contribution in [-0.4, -0.2) is 66.0 Å². The van der Waals surface area contributed by atoms with Gasteiger partial charge in [0.25, 0.3) is 0 Å². The summed E-state index contributed by atoms with van der Waals surface area (Å²) in [5, 5.41) is 9.52. The third-order valence-corrected chi connectivity index (χ3v) is 5.97. The molecule has 1 fully saturated rings. The molecule has 7 heteroatoms. The van der Waals surface area contributed by atoms with Gasteiger partial charge in [0.1, 0.15) is 0 Å². The monoisotopic (exact) mass is 458 g/mol. The molecule has 0 amide bonds. The number of aliphatic hydroxyl groups is 1. The van der Waals surface area contributed by atoms with Crippen molar-refractivity contribution in [2.45, 2.75) is 53.1 Å². The van der Waals surface area contributed by atoms with Gasteiger partial charge in [-0.2, -0.15) is 0 Å². The van der Waals surface area contributed by atoms with Gasteiger partial charge in [-0.15, -0.1) is 0 Å². The van der Waals surface area contributed by atoms with Gasteiger partial charge in [0.15, 0.2) is 17.4 Å². The van der Waals surface area contributed by atoms with Crippen molar-refractivity contribution in [2.75, 3.05) is 46.1 Å². The summed E-state index contributed by atoms with van der Waals surface area (Å²) in [6.45, 7) is 14.8. The molecule has 1 saturated heterocycles. The van der Waals surface area contributed by atoms with Crippen molar-refractivity contribution in [1.82, 2.24) is 9.21 Å². The first kappa shape index (κ1) is 27.9. The lowest BCUT2D eigenvalue weighted by Crippen LogP contribution is -2.37. The second kappa shape index (κ2) is 13.4. The zero-order chi connectivity index (χ0) is 23.6. The molecule has 4 nitrogen and oxygen atoms in total. The maximum Gasteiger partial charge on any atom is 0.190 e. The van der Waals surface area contributed by atoms with Crippen LogP contribution < -0.4 is 4.74 Å². The normalized spacial score (nSPS) is 19.7. The Morgan fingerprint density at radius 1 is 1.19 bits per heavy atom. The van der Waals surface area contributed by atoms with Gasteiger partial charge < -0.3 is 14.7 Å². The number of methoxy groups -OCH3 is 1. The molecular weight excluding hydrogens is 418 g/mol. The van der Waals surface area contributed by atoms with E-state index in [2.05, 4.69) is 20.9 Å². The zero-order valence-corrected chi connectivity index (χ0v) is 21.0. The number of nitrogens with zero attached hydrogens (tertiary/aromatic N) is 2. The SMILES string of the molecule is CC.CC1CCN(CC(C)(C)O)C1.COc1c(F)cc(C2=CCN(SC)CC2)cc1F. The highest BCUT2D eigenvalue weighted by Crippen LogP contribution is 2.30. The van der Waals surface area contributed by atoms with Gasteiger partial charge in [-0.25, -0.2) is 13.1 Å². The maximum atomic E-state index is 13.6. The first-order chi connectivity index (χ1) is 14.6. The molecule has 1 atom stereocenters. The summed E-state index contributed by atoms with van der Waals surface area (Å²) in [7, 11) is 1.26. The fraction of sp³-hybridized carbons (Fsp3) is 0.667. The van der Waals surface area contributed by atoms with Gasteiger partial charge in [-0.05, 0) is 68.7 Å². The molecule has 2 aliphatic heterocycles. The van der Waals surface area contributed by atoms with Crippen molar-refractivity contribution in [3.05, 3.63) is 35.4 Å². The summed E-state index contributed by atoms with van der Waals surface area (Å²) >= 11 is 1.68. The van der Waals surface area contributed by atoms with E-state index in [0.717, 1.165) is 50.6 Å². The van der Waals surface area contributed by atoms with Gasteiger partial charge in [0, 0.05) is 26.2 Å². The van der Waals surface area contributed by atoms with Crippen LogP contribution in [0, 0.1) is 17.6 Å². The van der Waals surface area contributed by atoms with E-state index in [1.165, 1.54) is 25.7 Å². The fourth-order valence-corrected chi connectivity index (χ4v) is 4.23. The number of β-amino-alcohol motifs (C(OH)–C–C–N with tert-alkyl or cyclic N) is 1. The number of benzene rings is 1. The predicted octanol–water partition coefficient (Wildman–Crippen LogP) is 5.47. The molecule has 2 aliphatic rings. The topological polar surface area (TPSA) is 35.9 Å². The Kier molecular flexibility index (Phi) is 12.1. The minimum atomic E-state index is -0.652. The van der Waals surface area contributed by atoms with Gasteiger partial charge in [-0.3, -0.25) is 0 Å². The van der Waals surface area contributed by atoms with E-state index < -0.39 is 17.2 Å². The van der Waals surface area contributed by atoms with Crippen molar-refractivity contribution < 1.29 is 18.6 Å². The molecule has 178 valence electrons. The second-order valence-corrected chi connectivity index (χ2v) is 9.35. The molecule has 1 aromatic carbocycles. The quantitative estimate of drug-likeness (QED) is 0.593. The molecule has 0 bridgehead atoms. The molecule has 0 saturated carbocycles. The predicted molar refractivity (Wildman–Crippen MR) is 128 cm³/mol. The van der Waals surface area contributed by atoms with Crippen molar-refractivity contribution in [2.24, 2.45) is 5.92 Å². The summed E-state index contributed by atoms with van der Waals surface area (Å²) in [6.07, 6.45) is 6.12. The fourth-order valence-electron chi connectivity index (χ4n) is 3.74. The molecule has 1 aromatic rings. The highest BCUT2D eigenvalue weighted by molar-refractivity contribution is 7.96. The van der Waals surface area contributed by atoms with Crippen LogP contribution in [0.1, 0.15) is 53.0 Å². The van der Waals surface area contributed by atoms with Gasteiger partial charge in [0.05, 0.1) is 12.7 Å². The Morgan fingerprint density at radius 3 is 2.19 bits per heavy atom. The van der Waals surface area contributed by atoms with E-state index in [-0.39, 0.29) is 5.75 Å². The van der Waals surface area contributed by atoms with Crippen LogP contribution in [-0.2, 0) is 0 Å². The summed E-state index contributed by atoms with van der Waals surface area (Å²) in [4.78, 5) is 2.34.